The molecule has 0 atom stereocenters. The van der Waals surface area contributed by atoms with Crippen molar-refractivity contribution < 1.29 is 14.6 Å². The van der Waals surface area contributed by atoms with Gasteiger partial charge in [0, 0.05) is 13.5 Å². The molecule has 0 aliphatic heterocycles. The van der Waals surface area contributed by atoms with Crippen molar-refractivity contribution in [3.63, 3.8) is 0 Å². The number of carboxylic acids is 1. The summed E-state index contributed by atoms with van der Waals surface area (Å²) >= 11 is 1.49. The Hall–Kier alpha value is -1.54. The summed E-state index contributed by atoms with van der Waals surface area (Å²) in [6.45, 7) is 0.366. The second-order valence-electron chi connectivity index (χ2n) is 5.69. The van der Waals surface area contributed by atoms with Crippen molar-refractivity contribution in [3.05, 3.63) is 10.8 Å². The third-order valence-corrected chi connectivity index (χ3v) is 4.99. The summed E-state index contributed by atoms with van der Waals surface area (Å²) in [7, 11) is 1.61. The SMILES string of the molecule is COCc1nnc2sc(CC3(CC(=O)O)CCCC3)nn12. The molecule has 0 radical (unpaired) electrons. The van der Waals surface area contributed by atoms with E-state index in [1.165, 1.54) is 11.3 Å². The Bertz CT molecular complexity index is 645. The molecule has 1 saturated carbocycles. The van der Waals surface area contributed by atoms with Crippen LogP contribution in [-0.2, 0) is 22.6 Å². The first kappa shape index (κ1) is 14.4. The van der Waals surface area contributed by atoms with Crippen molar-refractivity contribution in [2.24, 2.45) is 5.41 Å². The van der Waals surface area contributed by atoms with Crippen LogP contribution in [0.4, 0.5) is 0 Å². The molecule has 0 spiro atoms. The monoisotopic (exact) mass is 310 g/mol. The van der Waals surface area contributed by atoms with E-state index in [2.05, 4.69) is 15.3 Å². The number of carbonyl (C=O) groups is 1. The first-order chi connectivity index (χ1) is 10.1. The smallest absolute Gasteiger partial charge is 0.303 e. The molecule has 2 aromatic rings. The first-order valence-corrected chi connectivity index (χ1v) is 7.84. The zero-order valence-corrected chi connectivity index (χ0v) is 12.7. The minimum Gasteiger partial charge on any atom is -0.481 e. The third-order valence-electron chi connectivity index (χ3n) is 4.09. The average molecular weight is 310 g/mol. The molecule has 7 nitrogen and oxygen atoms in total. The van der Waals surface area contributed by atoms with Gasteiger partial charge in [0.25, 0.3) is 0 Å². The van der Waals surface area contributed by atoms with Crippen molar-refractivity contribution in [3.8, 4) is 0 Å². The number of hydrogen-bond acceptors (Lipinski definition) is 6. The lowest BCUT2D eigenvalue weighted by Gasteiger charge is -2.25. The van der Waals surface area contributed by atoms with Gasteiger partial charge >= 0.3 is 5.97 Å². The lowest BCUT2D eigenvalue weighted by Crippen LogP contribution is -2.23. The van der Waals surface area contributed by atoms with Gasteiger partial charge in [-0.15, -0.1) is 10.2 Å². The molecule has 0 amide bonds. The van der Waals surface area contributed by atoms with Crippen LogP contribution in [0.1, 0.15) is 42.9 Å². The minimum atomic E-state index is -0.722. The largest absolute Gasteiger partial charge is 0.481 e. The number of nitrogens with zero attached hydrogens (tertiary/aromatic N) is 4. The second-order valence-corrected chi connectivity index (χ2v) is 6.73. The lowest BCUT2D eigenvalue weighted by atomic mass is 9.80. The lowest BCUT2D eigenvalue weighted by molar-refractivity contribution is -0.139. The molecule has 1 fully saturated rings. The molecule has 0 bridgehead atoms. The van der Waals surface area contributed by atoms with E-state index in [9.17, 15) is 4.79 Å². The summed E-state index contributed by atoms with van der Waals surface area (Å²) in [5.41, 5.74) is -0.142. The molecule has 0 saturated heterocycles. The van der Waals surface area contributed by atoms with E-state index in [-0.39, 0.29) is 11.8 Å². The molecule has 1 aliphatic carbocycles. The quantitative estimate of drug-likeness (QED) is 0.876. The van der Waals surface area contributed by atoms with Gasteiger partial charge in [0.15, 0.2) is 5.82 Å². The minimum absolute atomic E-state index is 0.142. The van der Waals surface area contributed by atoms with Crippen molar-refractivity contribution in [2.45, 2.75) is 45.1 Å². The molecule has 0 unspecified atom stereocenters. The van der Waals surface area contributed by atoms with Gasteiger partial charge < -0.3 is 9.84 Å². The topological polar surface area (TPSA) is 89.6 Å². The number of hydrogen-bond donors (Lipinski definition) is 1. The molecule has 8 heteroatoms. The maximum Gasteiger partial charge on any atom is 0.303 e. The number of methoxy groups -OCH3 is 1. The van der Waals surface area contributed by atoms with Crippen LogP contribution < -0.4 is 0 Å². The zero-order valence-electron chi connectivity index (χ0n) is 11.9. The highest BCUT2D eigenvalue weighted by Crippen LogP contribution is 2.44. The summed E-state index contributed by atoms with van der Waals surface area (Å²) in [6.07, 6.45) is 5.06. The normalized spacial score (nSPS) is 17.6. The summed E-state index contributed by atoms with van der Waals surface area (Å²) < 4.78 is 6.77. The van der Waals surface area contributed by atoms with Crippen molar-refractivity contribution in [1.29, 1.82) is 0 Å². The Morgan fingerprint density at radius 2 is 2.19 bits per heavy atom. The van der Waals surface area contributed by atoms with Crippen LogP contribution in [0, 0.1) is 5.41 Å². The fraction of sp³-hybridized carbons (Fsp3) is 0.692. The summed E-state index contributed by atoms with van der Waals surface area (Å²) in [6, 6.07) is 0. The Morgan fingerprint density at radius 3 is 2.86 bits per heavy atom. The van der Waals surface area contributed by atoms with E-state index in [0.29, 0.717) is 18.9 Å². The Balaban J connectivity index is 1.84. The number of aromatic nitrogens is 4. The Kier molecular flexibility index (Phi) is 3.90. The van der Waals surface area contributed by atoms with E-state index in [4.69, 9.17) is 9.84 Å². The molecule has 21 heavy (non-hydrogen) atoms. The number of carboxylic acid groups (broad SMARTS) is 1. The standard InChI is InChI=1S/C13H18N4O3S/c1-20-8-9-14-15-12-17(9)16-10(21-12)6-13(7-11(18)19)4-2-3-5-13/h2-8H2,1H3,(H,18,19). The Labute approximate surface area is 125 Å². The molecular weight excluding hydrogens is 292 g/mol. The maximum absolute atomic E-state index is 11.2. The maximum atomic E-state index is 11.2. The highest BCUT2D eigenvalue weighted by molar-refractivity contribution is 7.16. The molecule has 1 N–H and O–H groups in total. The van der Waals surface area contributed by atoms with Crippen LogP contribution in [0.25, 0.3) is 4.96 Å². The second kappa shape index (κ2) is 5.69. The van der Waals surface area contributed by atoms with E-state index in [1.54, 1.807) is 11.6 Å². The molecule has 2 heterocycles. The van der Waals surface area contributed by atoms with Gasteiger partial charge in [-0.05, 0) is 18.3 Å². The predicted molar refractivity (Wildman–Crippen MR) is 76.2 cm³/mol. The van der Waals surface area contributed by atoms with Crippen molar-refractivity contribution in [1.82, 2.24) is 19.8 Å². The van der Waals surface area contributed by atoms with Crippen molar-refractivity contribution in [2.75, 3.05) is 7.11 Å². The van der Waals surface area contributed by atoms with Gasteiger partial charge in [-0.1, -0.05) is 24.2 Å². The van der Waals surface area contributed by atoms with E-state index >= 15 is 0 Å². The molecule has 114 valence electrons. The third kappa shape index (κ3) is 2.91. The van der Waals surface area contributed by atoms with Gasteiger partial charge in [0.1, 0.15) is 11.6 Å². The molecule has 3 rings (SSSR count). The predicted octanol–water partition coefficient (Wildman–Crippen LogP) is 1.91. The van der Waals surface area contributed by atoms with Gasteiger partial charge in [-0.25, -0.2) is 0 Å². The number of rotatable bonds is 6. The Morgan fingerprint density at radius 1 is 1.43 bits per heavy atom. The van der Waals surface area contributed by atoms with Gasteiger partial charge in [0.05, 0.1) is 6.42 Å². The van der Waals surface area contributed by atoms with E-state index < -0.39 is 5.97 Å². The highest BCUT2D eigenvalue weighted by atomic mass is 32.1. The average Bonchev–Trinajstić information content (AvgIpc) is 3.08. The van der Waals surface area contributed by atoms with E-state index in [1.807, 2.05) is 0 Å². The molecule has 1 aliphatic rings. The van der Waals surface area contributed by atoms with Crippen LogP contribution >= 0.6 is 11.3 Å². The van der Waals surface area contributed by atoms with Crippen LogP contribution in [0.5, 0.6) is 0 Å². The summed E-state index contributed by atoms with van der Waals surface area (Å²) in [5, 5.41) is 22.8. The first-order valence-electron chi connectivity index (χ1n) is 7.03. The fourth-order valence-corrected chi connectivity index (χ4v) is 4.20. The van der Waals surface area contributed by atoms with Gasteiger partial charge in [-0.3, -0.25) is 4.79 Å². The zero-order chi connectivity index (χ0) is 14.9. The van der Waals surface area contributed by atoms with Crippen molar-refractivity contribution >= 4 is 22.3 Å². The fourth-order valence-electron chi connectivity index (χ4n) is 3.17. The number of fused-ring (bicyclic) bond motifs is 1. The van der Waals surface area contributed by atoms with Crippen LogP contribution in [0.15, 0.2) is 0 Å². The van der Waals surface area contributed by atoms with Gasteiger partial charge in [0.2, 0.25) is 4.96 Å². The number of aliphatic carboxylic acids is 1. The number of ether oxygens (including phenoxy) is 1. The van der Waals surface area contributed by atoms with Crippen LogP contribution in [0.2, 0.25) is 0 Å². The summed E-state index contributed by atoms with van der Waals surface area (Å²) in [5.74, 6) is -0.0475. The summed E-state index contributed by atoms with van der Waals surface area (Å²) in [4.78, 5) is 11.9. The molecule has 2 aromatic heterocycles. The van der Waals surface area contributed by atoms with Crippen LogP contribution in [-0.4, -0.2) is 38.0 Å². The van der Waals surface area contributed by atoms with Crippen LogP contribution in [0.3, 0.4) is 0 Å². The van der Waals surface area contributed by atoms with E-state index in [0.717, 1.165) is 35.7 Å². The molecular formula is C13H18N4O3S. The highest BCUT2D eigenvalue weighted by Gasteiger charge is 2.37. The van der Waals surface area contributed by atoms with Gasteiger partial charge in [-0.2, -0.15) is 9.61 Å². The molecule has 0 aromatic carbocycles.